The van der Waals surface area contributed by atoms with E-state index < -0.39 is 5.97 Å². The van der Waals surface area contributed by atoms with Gasteiger partial charge >= 0.3 is 5.97 Å². The van der Waals surface area contributed by atoms with Gasteiger partial charge in [0, 0.05) is 18.5 Å². The van der Waals surface area contributed by atoms with Gasteiger partial charge in [-0.15, -0.1) is 0 Å². The average molecular weight is 272 g/mol. The number of carbonyl (C=O) groups excluding carboxylic acids is 1. The molecule has 1 aromatic carbocycles. The Morgan fingerprint density at radius 2 is 2.05 bits per heavy atom. The van der Waals surface area contributed by atoms with E-state index in [1.807, 2.05) is 24.3 Å². The Balaban J connectivity index is 1.81. The van der Waals surface area contributed by atoms with Gasteiger partial charge in [-0.3, -0.25) is 20.3 Å². The third-order valence-corrected chi connectivity index (χ3v) is 3.11. The van der Waals surface area contributed by atoms with Crippen LogP contribution in [0.4, 0.5) is 5.69 Å². The Hall–Kier alpha value is -2.83. The first-order valence-electron chi connectivity index (χ1n) is 6.09. The van der Waals surface area contributed by atoms with Crippen molar-refractivity contribution in [3.05, 3.63) is 36.0 Å². The Bertz CT molecular complexity index is 663. The second-order valence-electron chi connectivity index (χ2n) is 4.46. The fraction of sp³-hybridized carbons (Fsp3) is 0.154. The van der Waals surface area contributed by atoms with Crippen molar-refractivity contribution in [2.24, 2.45) is 0 Å². The quantitative estimate of drug-likeness (QED) is 0.774. The molecule has 0 unspecified atom stereocenters. The van der Waals surface area contributed by atoms with Gasteiger partial charge < -0.3 is 5.11 Å². The predicted octanol–water partition coefficient (Wildman–Crippen LogP) is 1.02. The molecule has 7 nitrogen and oxygen atoms in total. The third kappa shape index (κ3) is 2.20. The molecule has 3 N–H and O–H groups in total. The molecular weight excluding hydrogens is 260 g/mol. The molecule has 0 aliphatic carbocycles. The van der Waals surface area contributed by atoms with E-state index in [2.05, 4.69) is 15.6 Å². The van der Waals surface area contributed by atoms with Crippen molar-refractivity contribution in [3.63, 3.8) is 0 Å². The molecule has 1 saturated heterocycles. The smallest absolute Gasteiger partial charge is 0.353 e. The number of nitrogens with one attached hydrogen (secondary N) is 2. The third-order valence-electron chi connectivity index (χ3n) is 3.11. The highest BCUT2D eigenvalue weighted by Crippen LogP contribution is 2.22. The van der Waals surface area contributed by atoms with E-state index in [-0.39, 0.29) is 11.6 Å². The highest BCUT2D eigenvalue weighted by molar-refractivity contribution is 5.87. The van der Waals surface area contributed by atoms with E-state index in [0.29, 0.717) is 18.7 Å². The number of rotatable bonds is 3. The Kier molecular flexibility index (Phi) is 2.86. The van der Waals surface area contributed by atoms with Crippen LogP contribution < -0.4 is 10.4 Å². The monoisotopic (exact) mass is 272 g/mol. The Morgan fingerprint density at radius 3 is 2.60 bits per heavy atom. The number of benzene rings is 1. The summed E-state index contributed by atoms with van der Waals surface area (Å²) in [4.78, 5) is 21.9. The lowest BCUT2D eigenvalue weighted by Crippen LogP contribution is -2.32. The standard InChI is InChI=1S/C13H12N4O3/c18-12-5-6-17(16-12)9-3-1-8(2-4-9)10-7-11(13(19)20)15-14-10/h1-4,7H,5-6H2,(H,14,15)(H,16,18)(H,19,20). The first-order valence-corrected chi connectivity index (χ1v) is 6.09. The minimum absolute atomic E-state index is 0.00692. The van der Waals surface area contributed by atoms with Gasteiger partial charge in [0.1, 0.15) is 5.69 Å². The molecule has 7 heteroatoms. The molecule has 1 aliphatic heterocycles. The summed E-state index contributed by atoms with van der Waals surface area (Å²) in [5.41, 5.74) is 5.06. The molecule has 1 aliphatic rings. The van der Waals surface area contributed by atoms with Gasteiger partial charge in [0.05, 0.1) is 11.4 Å². The molecule has 3 rings (SSSR count). The molecule has 2 heterocycles. The Morgan fingerprint density at radius 1 is 1.30 bits per heavy atom. The van der Waals surface area contributed by atoms with Gasteiger partial charge in [-0.2, -0.15) is 5.10 Å². The fourth-order valence-corrected chi connectivity index (χ4v) is 2.06. The zero-order valence-electron chi connectivity index (χ0n) is 10.5. The van der Waals surface area contributed by atoms with Crippen molar-refractivity contribution in [1.29, 1.82) is 0 Å². The van der Waals surface area contributed by atoms with Crippen LogP contribution in [0.25, 0.3) is 11.3 Å². The minimum Gasteiger partial charge on any atom is -0.477 e. The largest absolute Gasteiger partial charge is 0.477 e. The number of hydrazine groups is 1. The molecule has 102 valence electrons. The van der Waals surface area contributed by atoms with Crippen LogP contribution in [-0.2, 0) is 4.79 Å². The zero-order chi connectivity index (χ0) is 14.1. The van der Waals surface area contributed by atoms with Gasteiger partial charge in [-0.1, -0.05) is 12.1 Å². The number of aromatic amines is 1. The van der Waals surface area contributed by atoms with E-state index in [9.17, 15) is 9.59 Å². The highest BCUT2D eigenvalue weighted by atomic mass is 16.4. The van der Waals surface area contributed by atoms with Gasteiger partial charge in [-0.05, 0) is 18.2 Å². The van der Waals surface area contributed by atoms with E-state index in [0.717, 1.165) is 11.3 Å². The molecule has 20 heavy (non-hydrogen) atoms. The number of carboxylic acids is 1. The van der Waals surface area contributed by atoms with Crippen LogP contribution in [0, 0.1) is 0 Å². The lowest BCUT2D eigenvalue weighted by Gasteiger charge is -2.17. The summed E-state index contributed by atoms with van der Waals surface area (Å²) in [7, 11) is 0. The summed E-state index contributed by atoms with van der Waals surface area (Å²) < 4.78 is 0. The maximum absolute atomic E-state index is 11.2. The number of carbonyl (C=O) groups is 2. The summed E-state index contributed by atoms with van der Waals surface area (Å²) in [6.45, 7) is 0.643. The summed E-state index contributed by atoms with van der Waals surface area (Å²) >= 11 is 0. The van der Waals surface area contributed by atoms with Crippen molar-refractivity contribution in [1.82, 2.24) is 15.6 Å². The van der Waals surface area contributed by atoms with Gasteiger partial charge in [0.2, 0.25) is 5.91 Å². The van der Waals surface area contributed by atoms with E-state index in [1.54, 1.807) is 5.01 Å². The number of aromatic nitrogens is 2. The topological polar surface area (TPSA) is 98.3 Å². The normalized spacial score (nSPS) is 14.4. The maximum atomic E-state index is 11.2. The number of carboxylic acid groups (broad SMARTS) is 1. The van der Waals surface area contributed by atoms with Gasteiger partial charge in [-0.25, -0.2) is 4.79 Å². The maximum Gasteiger partial charge on any atom is 0.353 e. The molecule has 2 aromatic rings. The lowest BCUT2D eigenvalue weighted by atomic mass is 10.1. The summed E-state index contributed by atoms with van der Waals surface area (Å²) in [5.74, 6) is -1.03. The average Bonchev–Trinajstić information content (AvgIpc) is 3.08. The second kappa shape index (κ2) is 4.69. The number of aromatic carboxylic acids is 1. The molecule has 1 aromatic heterocycles. The van der Waals surface area contributed by atoms with Gasteiger partial charge in [0.25, 0.3) is 0 Å². The Labute approximate surface area is 114 Å². The first kappa shape index (κ1) is 12.2. The summed E-state index contributed by atoms with van der Waals surface area (Å²) in [5, 5.41) is 17.0. The van der Waals surface area contributed by atoms with Crippen LogP contribution in [-0.4, -0.2) is 33.7 Å². The molecule has 1 fully saturated rings. The summed E-state index contributed by atoms with van der Waals surface area (Å²) in [6, 6.07) is 8.87. The molecule has 0 atom stereocenters. The molecule has 0 spiro atoms. The number of hydrogen-bond donors (Lipinski definition) is 3. The van der Waals surface area contributed by atoms with E-state index in [4.69, 9.17) is 5.11 Å². The predicted molar refractivity (Wildman–Crippen MR) is 71.1 cm³/mol. The molecule has 0 radical (unpaired) electrons. The van der Waals surface area contributed by atoms with E-state index in [1.165, 1.54) is 6.07 Å². The van der Waals surface area contributed by atoms with Crippen LogP contribution in [0.3, 0.4) is 0 Å². The van der Waals surface area contributed by atoms with Crippen molar-refractivity contribution < 1.29 is 14.7 Å². The molecule has 0 bridgehead atoms. The zero-order valence-corrected chi connectivity index (χ0v) is 10.5. The van der Waals surface area contributed by atoms with Crippen LogP contribution in [0.1, 0.15) is 16.9 Å². The number of nitrogens with zero attached hydrogens (tertiary/aromatic N) is 2. The number of amides is 1. The number of hydrogen-bond acceptors (Lipinski definition) is 4. The van der Waals surface area contributed by atoms with Crippen LogP contribution in [0.5, 0.6) is 0 Å². The van der Waals surface area contributed by atoms with Crippen molar-refractivity contribution in [2.45, 2.75) is 6.42 Å². The van der Waals surface area contributed by atoms with E-state index >= 15 is 0 Å². The van der Waals surface area contributed by atoms with Crippen LogP contribution in [0.2, 0.25) is 0 Å². The molecule has 1 amide bonds. The van der Waals surface area contributed by atoms with Crippen molar-refractivity contribution >= 4 is 17.6 Å². The second-order valence-corrected chi connectivity index (χ2v) is 4.46. The highest BCUT2D eigenvalue weighted by Gasteiger charge is 2.18. The van der Waals surface area contributed by atoms with Gasteiger partial charge in [0.15, 0.2) is 0 Å². The first-order chi connectivity index (χ1) is 9.63. The minimum atomic E-state index is -1.04. The molecular formula is C13H12N4O3. The van der Waals surface area contributed by atoms with Crippen LogP contribution >= 0.6 is 0 Å². The van der Waals surface area contributed by atoms with Crippen LogP contribution in [0.15, 0.2) is 30.3 Å². The summed E-state index contributed by atoms with van der Waals surface area (Å²) in [6.07, 6.45) is 0.489. The SMILES string of the molecule is O=C1CCN(c2ccc(-c3cc(C(=O)O)[nH]n3)cc2)N1. The fourth-order valence-electron chi connectivity index (χ4n) is 2.06. The number of anilines is 1. The number of H-pyrrole nitrogens is 1. The lowest BCUT2D eigenvalue weighted by molar-refractivity contribution is -0.119. The van der Waals surface area contributed by atoms with Crippen molar-refractivity contribution in [2.75, 3.05) is 11.6 Å². The molecule has 0 saturated carbocycles. The van der Waals surface area contributed by atoms with Crippen molar-refractivity contribution in [3.8, 4) is 11.3 Å².